The molecule has 0 unspecified atom stereocenters. The fraction of sp³-hybridized carbons (Fsp3) is 0.400. The number of nitrogens with one attached hydrogen (secondary N) is 1. The SMILES string of the molecule is CNC(=O)COC(=O)c1cc(C)oc1C. The number of amides is 1. The molecule has 1 rings (SSSR count). The molecule has 82 valence electrons. The molecule has 15 heavy (non-hydrogen) atoms. The first-order valence-corrected chi connectivity index (χ1v) is 4.49. The van der Waals surface area contributed by atoms with Crippen molar-refractivity contribution >= 4 is 11.9 Å². The summed E-state index contributed by atoms with van der Waals surface area (Å²) < 4.78 is 9.93. The van der Waals surface area contributed by atoms with Crippen LogP contribution in [0.1, 0.15) is 21.9 Å². The number of carbonyl (C=O) groups is 2. The number of ether oxygens (including phenoxy) is 1. The van der Waals surface area contributed by atoms with Crippen molar-refractivity contribution in [3.8, 4) is 0 Å². The summed E-state index contributed by atoms with van der Waals surface area (Å²) in [6, 6.07) is 1.58. The highest BCUT2D eigenvalue weighted by atomic mass is 16.5. The van der Waals surface area contributed by atoms with Gasteiger partial charge in [0.05, 0.1) is 0 Å². The van der Waals surface area contributed by atoms with Crippen molar-refractivity contribution in [3.05, 3.63) is 23.2 Å². The smallest absolute Gasteiger partial charge is 0.342 e. The molecule has 5 heteroatoms. The molecule has 0 spiro atoms. The third kappa shape index (κ3) is 2.83. The Morgan fingerprint density at radius 1 is 1.47 bits per heavy atom. The monoisotopic (exact) mass is 211 g/mol. The van der Waals surface area contributed by atoms with Gasteiger partial charge in [-0.25, -0.2) is 4.79 Å². The number of hydrogen-bond acceptors (Lipinski definition) is 4. The van der Waals surface area contributed by atoms with Gasteiger partial charge in [-0.05, 0) is 19.9 Å². The number of likely N-dealkylation sites (N-methyl/N-ethyl adjacent to an activating group) is 1. The van der Waals surface area contributed by atoms with Crippen LogP contribution in [0.4, 0.5) is 0 Å². The first-order valence-electron chi connectivity index (χ1n) is 4.49. The fourth-order valence-corrected chi connectivity index (χ4v) is 1.11. The molecular weight excluding hydrogens is 198 g/mol. The summed E-state index contributed by atoms with van der Waals surface area (Å²) in [5.74, 6) is 0.239. The van der Waals surface area contributed by atoms with Crippen LogP contribution in [-0.4, -0.2) is 25.5 Å². The van der Waals surface area contributed by atoms with Crippen molar-refractivity contribution in [3.63, 3.8) is 0 Å². The van der Waals surface area contributed by atoms with Gasteiger partial charge < -0.3 is 14.5 Å². The van der Waals surface area contributed by atoms with Crippen LogP contribution in [0, 0.1) is 13.8 Å². The van der Waals surface area contributed by atoms with E-state index in [1.54, 1.807) is 19.9 Å². The van der Waals surface area contributed by atoms with Crippen molar-refractivity contribution in [2.45, 2.75) is 13.8 Å². The van der Waals surface area contributed by atoms with E-state index >= 15 is 0 Å². The number of furan rings is 1. The van der Waals surface area contributed by atoms with Crippen LogP contribution in [0.5, 0.6) is 0 Å². The van der Waals surface area contributed by atoms with E-state index < -0.39 is 5.97 Å². The first kappa shape index (κ1) is 11.3. The Balaban J connectivity index is 2.61. The van der Waals surface area contributed by atoms with E-state index in [1.807, 2.05) is 0 Å². The zero-order valence-electron chi connectivity index (χ0n) is 8.92. The minimum Gasteiger partial charge on any atom is -0.466 e. The molecule has 0 fully saturated rings. The lowest BCUT2D eigenvalue weighted by atomic mass is 10.2. The van der Waals surface area contributed by atoms with Crippen molar-refractivity contribution in [2.24, 2.45) is 0 Å². The predicted molar refractivity (Wildman–Crippen MR) is 52.5 cm³/mol. The molecular formula is C10H13NO4. The van der Waals surface area contributed by atoms with E-state index in [1.165, 1.54) is 7.05 Å². The van der Waals surface area contributed by atoms with Gasteiger partial charge in [-0.3, -0.25) is 4.79 Å². The van der Waals surface area contributed by atoms with Crippen LogP contribution in [0.25, 0.3) is 0 Å². The van der Waals surface area contributed by atoms with Gasteiger partial charge in [-0.15, -0.1) is 0 Å². The summed E-state index contributed by atoms with van der Waals surface area (Å²) >= 11 is 0. The molecule has 0 saturated heterocycles. The standard InChI is InChI=1S/C10H13NO4/c1-6-4-8(7(2)15-6)10(13)14-5-9(12)11-3/h4H,5H2,1-3H3,(H,11,12). The normalized spacial score (nSPS) is 9.80. The van der Waals surface area contributed by atoms with Gasteiger partial charge in [-0.2, -0.15) is 0 Å². The quantitative estimate of drug-likeness (QED) is 0.751. The Bertz CT molecular complexity index is 381. The van der Waals surface area contributed by atoms with Gasteiger partial charge in [0.25, 0.3) is 5.91 Å². The third-order valence-corrected chi connectivity index (χ3v) is 1.87. The molecule has 0 aromatic carbocycles. The predicted octanol–water partition coefficient (Wildman–Crippen LogP) is 0.799. The molecule has 0 atom stereocenters. The summed E-state index contributed by atoms with van der Waals surface area (Å²) in [7, 11) is 1.48. The first-order chi connectivity index (χ1) is 7.04. The van der Waals surface area contributed by atoms with Crippen molar-refractivity contribution in [1.82, 2.24) is 5.32 Å². The topological polar surface area (TPSA) is 68.5 Å². The summed E-state index contributed by atoms with van der Waals surface area (Å²) in [5.41, 5.74) is 0.358. The minimum atomic E-state index is -0.548. The maximum Gasteiger partial charge on any atom is 0.342 e. The van der Waals surface area contributed by atoms with E-state index in [4.69, 9.17) is 9.15 Å². The van der Waals surface area contributed by atoms with Gasteiger partial charge >= 0.3 is 5.97 Å². The molecule has 5 nitrogen and oxygen atoms in total. The maximum atomic E-state index is 11.4. The van der Waals surface area contributed by atoms with E-state index in [0.29, 0.717) is 17.1 Å². The van der Waals surface area contributed by atoms with Gasteiger partial charge in [0, 0.05) is 7.05 Å². The molecule has 0 bridgehead atoms. The molecule has 0 radical (unpaired) electrons. The van der Waals surface area contributed by atoms with Crippen LogP contribution >= 0.6 is 0 Å². The molecule has 1 amide bonds. The molecule has 1 aromatic rings. The number of esters is 1. The number of rotatable bonds is 3. The van der Waals surface area contributed by atoms with Crippen LogP contribution in [0.2, 0.25) is 0 Å². The second kappa shape index (κ2) is 4.63. The van der Waals surface area contributed by atoms with E-state index in [-0.39, 0.29) is 12.5 Å². The zero-order chi connectivity index (χ0) is 11.4. The summed E-state index contributed by atoms with van der Waals surface area (Å²) in [6.07, 6.45) is 0. The van der Waals surface area contributed by atoms with Crippen LogP contribution in [0.3, 0.4) is 0 Å². The van der Waals surface area contributed by atoms with Gasteiger partial charge in [0.15, 0.2) is 6.61 Å². The molecule has 1 aromatic heterocycles. The summed E-state index contributed by atoms with van der Waals surface area (Å²) in [6.45, 7) is 3.13. The van der Waals surface area contributed by atoms with E-state index in [9.17, 15) is 9.59 Å². The lowest BCUT2D eigenvalue weighted by Gasteiger charge is -2.01. The maximum absolute atomic E-state index is 11.4. The highest BCUT2D eigenvalue weighted by Crippen LogP contribution is 2.14. The van der Waals surface area contributed by atoms with Crippen LogP contribution in [-0.2, 0) is 9.53 Å². The highest BCUT2D eigenvalue weighted by molar-refractivity contribution is 5.92. The van der Waals surface area contributed by atoms with Crippen molar-refractivity contribution in [1.29, 1.82) is 0 Å². The molecule has 1 heterocycles. The van der Waals surface area contributed by atoms with Gasteiger partial charge in [-0.1, -0.05) is 0 Å². The van der Waals surface area contributed by atoms with Crippen molar-refractivity contribution < 1.29 is 18.7 Å². The Hall–Kier alpha value is -1.78. The average molecular weight is 211 g/mol. The largest absolute Gasteiger partial charge is 0.466 e. The highest BCUT2D eigenvalue weighted by Gasteiger charge is 2.15. The molecule has 0 aliphatic rings. The number of aryl methyl sites for hydroxylation is 2. The Labute approximate surface area is 87.4 Å². The number of hydrogen-bond donors (Lipinski definition) is 1. The van der Waals surface area contributed by atoms with Gasteiger partial charge in [0.1, 0.15) is 17.1 Å². The Morgan fingerprint density at radius 3 is 2.60 bits per heavy atom. The van der Waals surface area contributed by atoms with Crippen LogP contribution < -0.4 is 5.32 Å². The lowest BCUT2D eigenvalue weighted by molar-refractivity contribution is -0.123. The molecule has 0 aliphatic heterocycles. The second-order valence-electron chi connectivity index (χ2n) is 3.08. The Morgan fingerprint density at radius 2 is 2.13 bits per heavy atom. The fourth-order valence-electron chi connectivity index (χ4n) is 1.11. The third-order valence-electron chi connectivity index (χ3n) is 1.87. The molecule has 0 aliphatic carbocycles. The summed E-state index contributed by atoms with van der Waals surface area (Å²) in [5, 5.41) is 2.35. The molecule has 0 saturated carbocycles. The van der Waals surface area contributed by atoms with Crippen LogP contribution in [0.15, 0.2) is 10.5 Å². The average Bonchev–Trinajstić information content (AvgIpc) is 2.53. The summed E-state index contributed by atoms with van der Waals surface area (Å²) in [4.78, 5) is 22.3. The zero-order valence-corrected chi connectivity index (χ0v) is 8.92. The Kier molecular flexibility index (Phi) is 3.49. The molecule has 1 N–H and O–H groups in total. The second-order valence-corrected chi connectivity index (χ2v) is 3.08. The minimum absolute atomic E-state index is 0.279. The number of carbonyl (C=O) groups excluding carboxylic acids is 2. The van der Waals surface area contributed by atoms with E-state index in [2.05, 4.69) is 5.32 Å². The van der Waals surface area contributed by atoms with Gasteiger partial charge in [0.2, 0.25) is 0 Å². The van der Waals surface area contributed by atoms with E-state index in [0.717, 1.165) is 0 Å². The van der Waals surface area contributed by atoms with Crippen molar-refractivity contribution in [2.75, 3.05) is 13.7 Å². The lowest BCUT2D eigenvalue weighted by Crippen LogP contribution is -2.25.